The van der Waals surface area contributed by atoms with Crippen LogP contribution in [-0.4, -0.2) is 50.7 Å². The Hall–Kier alpha value is -1.51. The van der Waals surface area contributed by atoms with Crippen LogP contribution in [0.4, 0.5) is 4.39 Å². The van der Waals surface area contributed by atoms with Crippen molar-refractivity contribution in [3.05, 3.63) is 35.6 Å². The maximum atomic E-state index is 13.7. The van der Waals surface area contributed by atoms with Gasteiger partial charge in [-0.1, -0.05) is 18.2 Å². The average molecular weight is 344 g/mol. The monoisotopic (exact) mass is 344 g/mol. The predicted octanol–water partition coefficient (Wildman–Crippen LogP) is 0.883. The molecule has 1 N–H and O–H groups in total. The van der Waals surface area contributed by atoms with Crippen LogP contribution in [0.1, 0.15) is 18.4 Å². The molecular weight excluding hydrogens is 323 g/mol. The number of sulfonamides is 1. The van der Waals surface area contributed by atoms with Gasteiger partial charge >= 0.3 is 0 Å². The average Bonchev–Trinajstić information content (AvgIpc) is 2.99. The molecule has 8 heteroatoms. The third kappa shape index (κ3) is 5.56. The summed E-state index contributed by atoms with van der Waals surface area (Å²) in [5.41, 5.74) is 0.227. The van der Waals surface area contributed by atoms with Gasteiger partial charge in [-0.15, -0.1) is 0 Å². The second kappa shape index (κ2) is 7.85. The van der Waals surface area contributed by atoms with Crippen molar-refractivity contribution in [3.63, 3.8) is 0 Å². The molecule has 2 rings (SSSR count). The number of halogens is 1. The highest BCUT2D eigenvalue weighted by atomic mass is 32.2. The molecule has 0 spiro atoms. The topological polar surface area (TPSA) is 75.7 Å². The fourth-order valence-electron chi connectivity index (χ4n) is 2.36. The molecule has 0 bridgehead atoms. The maximum absolute atomic E-state index is 13.7. The first-order valence-corrected chi connectivity index (χ1v) is 9.28. The van der Waals surface area contributed by atoms with E-state index < -0.39 is 21.7 Å². The minimum atomic E-state index is -3.64. The third-order valence-corrected chi connectivity index (χ3v) is 4.84. The highest BCUT2D eigenvalue weighted by Crippen LogP contribution is 2.13. The van der Waals surface area contributed by atoms with E-state index in [-0.39, 0.29) is 24.8 Å². The first-order chi connectivity index (χ1) is 10.9. The van der Waals surface area contributed by atoms with Crippen molar-refractivity contribution in [2.24, 2.45) is 0 Å². The standard InChI is InChI=1S/C15H21FN2O4S/c1-23(20,21)18(10-12-5-2-3-7-14(12)16)11-15(19)17-9-13-6-4-8-22-13/h2-3,5,7,13H,4,6,8-11H2,1H3,(H,17,19)/t13-/m1/s1. The van der Waals surface area contributed by atoms with Crippen LogP contribution >= 0.6 is 0 Å². The molecule has 1 aromatic carbocycles. The summed E-state index contributed by atoms with van der Waals surface area (Å²) in [6.07, 6.45) is 2.83. The fraction of sp³-hybridized carbons (Fsp3) is 0.533. The Morgan fingerprint density at radius 2 is 2.17 bits per heavy atom. The Kier molecular flexibility index (Phi) is 6.09. The number of hydrogen-bond donors (Lipinski definition) is 1. The Labute approximate surface area is 135 Å². The predicted molar refractivity (Wildman–Crippen MR) is 83.6 cm³/mol. The van der Waals surface area contributed by atoms with Crippen LogP contribution < -0.4 is 5.32 Å². The van der Waals surface area contributed by atoms with Gasteiger partial charge in [0.1, 0.15) is 5.82 Å². The zero-order chi connectivity index (χ0) is 16.9. The number of hydrogen-bond acceptors (Lipinski definition) is 4. The van der Waals surface area contributed by atoms with Gasteiger partial charge < -0.3 is 10.1 Å². The number of carbonyl (C=O) groups is 1. The molecule has 23 heavy (non-hydrogen) atoms. The van der Waals surface area contributed by atoms with E-state index in [9.17, 15) is 17.6 Å². The molecule has 0 unspecified atom stereocenters. The van der Waals surface area contributed by atoms with Gasteiger partial charge in [-0.05, 0) is 18.9 Å². The largest absolute Gasteiger partial charge is 0.376 e. The second-order valence-corrected chi connectivity index (χ2v) is 7.54. The van der Waals surface area contributed by atoms with Gasteiger partial charge in [0, 0.05) is 25.3 Å². The first-order valence-electron chi connectivity index (χ1n) is 7.43. The van der Waals surface area contributed by atoms with Crippen LogP contribution in [0.5, 0.6) is 0 Å². The summed E-state index contributed by atoms with van der Waals surface area (Å²) in [6.45, 7) is 0.512. The molecule has 1 aliphatic heterocycles. The van der Waals surface area contributed by atoms with Gasteiger partial charge in [0.2, 0.25) is 15.9 Å². The summed E-state index contributed by atoms with van der Waals surface area (Å²) in [5.74, 6) is -0.928. The molecule has 1 aliphatic rings. The Bertz CT molecular complexity index is 645. The SMILES string of the molecule is CS(=O)(=O)N(CC(=O)NC[C@H]1CCCO1)Cc1ccccc1F. The number of nitrogens with zero attached hydrogens (tertiary/aromatic N) is 1. The number of rotatable bonds is 7. The Balaban J connectivity index is 1.95. The van der Waals surface area contributed by atoms with E-state index in [1.54, 1.807) is 6.07 Å². The summed E-state index contributed by atoms with van der Waals surface area (Å²) in [7, 11) is -3.64. The summed E-state index contributed by atoms with van der Waals surface area (Å²) < 4.78 is 43.7. The molecule has 0 aliphatic carbocycles. The van der Waals surface area contributed by atoms with Crippen LogP contribution in [0.3, 0.4) is 0 Å². The van der Waals surface area contributed by atoms with Crippen molar-refractivity contribution < 1.29 is 22.3 Å². The lowest BCUT2D eigenvalue weighted by Gasteiger charge is -2.20. The van der Waals surface area contributed by atoms with E-state index in [1.165, 1.54) is 18.2 Å². The number of benzene rings is 1. The van der Waals surface area contributed by atoms with Crippen LogP contribution in [0, 0.1) is 5.82 Å². The molecule has 1 saturated heterocycles. The minimum absolute atomic E-state index is 0.0165. The smallest absolute Gasteiger partial charge is 0.235 e. The van der Waals surface area contributed by atoms with E-state index in [4.69, 9.17) is 4.74 Å². The molecule has 1 heterocycles. The molecule has 1 atom stereocenters. The van der Waals surface area contributed by atoms with Crippen molar-refractivity contribution in [1.29, 1.82) is 0 Å². The molecule has 0 saturated carbocycles. The van der Waals surface area contributed by atoms with Gasteiger partial charge in [-0.2, -0.15) is 4.31 Å². The van der Waals surface area contributed by atoms with E-state index in [0.29, 0.717) is 13.2 Å². The molecular formula is C15H21FN2O4S. The Morgan fingerprint density at radius 3 is 2.78 bits per heavy atom. The van der Waals surface area contributed by atoms with Crippen molar-refractivity contribution in [1.82, 2.24) is 9.62 Å². The fourth-order valence-corrected chi connectivity index (χ4v) is 3.08. The normalized spacial score (nSPS) is 18.3. The molecule has 6 nitrogen and oxygen atoms in total. The zero-order valence-electron chi connectivity index (χ0n) is 13.0. The first kappa shape index (κ1) is 17.8. The lowest BCUT2D eigenvalue weighted by molar-refractivity contribution is -0.121. The maximum Gasteiger partial charge on any atom is 0.235 e. The minimum Gasteiger partial charge on any atom is -0.376 e. The van der Waals surface area contributed by atoms with Gasteiger partial charge in [0.05, 0.1) is 18.9 Å². The van der Waals surface area contributed by atoms with Crippen LogP contribution in [0.2, 0.25) is 0 Å². The summed E-state index contributed by atoms with van der Waals surface area (Å²) in [4.78, 5) is 12.0. The molecule has 128 valence electrons. The van der Waals surface area contributed by atoms with Crippen LogP contribution in [0.15, 0.2) is 24.3 Å². The lowest BCUT2D eigenvalue weighted by Crippen LogP contribution is -2.42. The summed E-state index contributed by atoms with van der Waals surface area (Å²) in [5, 5.41) is 2.66. The Morgan fingerprint density at radius 1 is 1.43 bits per heavy atom. The van der Waals surface area contributed by atoms with Gasteiger partial charge in [0.25, 0.3) is 0 Å². The number of amides is 1. The summed E-state index contributed by atoms with van der Waals surface area (Å²) in [6, 6.07) is 5.90. The van der Waals surface area contributed by atoms with E-state index in [0.717, 1.165) is 23.4 Å². The van der Waals surface area contributed by atoms with E-state index >= 15 is 0 Å². The van der Waals surface area contributed by atoms with E-state index in [2.05, 4.69) is 5.32 Å². The summed E-state index contributed by atoms with van der Waals surface area (Å²) >= 11 is 0. The van der Waals surface area contributed by atoms with Gasteiger partial charge in [0.15, 0.2) is 0 Å². The third-order valence-electron chi connectivity index (χ3n) is 3.64. The second-order valence-electron chi connectivity index (χ2n) is 5.56. The lowest BCUT2D eigenvalue weighted by atomic mass is 10.2. The van der Waals surface area contributed by atoms with Crippen molar-refractivity contribution in [3.8, 4) is 0 Å². The highest BCUT2D eigenvalue weighted by molar-refractivity contribution is 7.88. The zero-order valence-corrected chi connectivity index (χ0v) is 13.8. The van der Waals surface area contributed by atoms with Crippen molar-refractivity contribution in [2.45, 2.75) is 25.5 Å². The molecule has 1 aromatic rings. The van der Waals surface area contributed by atoms with Gasteiger partial charge in [-0.3, -0.25) is 4.79 Å². The van der Waals surface area contributed by atoms with Crippen LogP contribution in [0.25, 0.3) is 0 Å². The number of ether oxygens (including phenoxy) is 1. The molecule has 0 radical (unpaired) electrons. The number of carbonyl (C=O) groups excluding carboxylic acids is 1. The van der Waals surface area contributed by atoms with Crippen molar-refractivity contribution >= 4 is 15.9 Å². The van der Waals surface area contributed by atoms with Crippen molar-refractivity contribution in [2.75, 3.05) is 26.0 Å². The van der Waals surface area contributed by atoms with E-state index in [1.807, 2.05) is 0 Å². The molecule has 0 aromatic heterocycles. The van der Waals surface area contributed by atoms with Crippen LogP contribution in [-0.2, 0) is 26.1 Å². The van der Waals surface area contributed by atoms with Gasteiger partial charge in [-0.25, -0.2) is 12.8 Å². The highest BCUT2D eigenvalue weighted by Gasteiger charge is 2.23. The number of nitrogens with one attached hydrogen (secondary N) is 1. The molecule has 1 amide bonds. The quantitative estimate of drug-likeness (QED) is 0.797. The molecule has 1 fully saturated rings.